The number of likely N-dealkylation sites (tertiary alicyclic amines) is 1. The molecular formula is C18H18Cl2N4. The Morgan fingerprint density at radius 1 is 1.17 bits per heavy atom. The maximum absolute atomic E-state index is 8.80. The molecule has 124 valence electrons. The number of nitriles is 1. The molecule has 1 saturated heterocycles. The zero-order chi connectivity index (χ0) is 16.9. The van der Waals surface area contributed by atoms with Gasteiger partial charge in [-0.05, 0) is 42.7 Å². The van der Waals surface area contributed by atoms with Gasteiger partial charge in [-0.25, -0.2) is 4.98 Å². The van der Waals surface area contributed by atoms with Crippen molar-refractivity contribution in [1.29, 1.82) is 5.26 Å². The maximum Gasteiger partial charge on any atom is 0.126 e. The SMILES string of the molecule is N#Cc1ccc(NC2CCN(Cc3ccc(Cl)c(Cl)c3)CC2)nc1. The van der Waals surface area contributed by atoms with E-state index in [0.717, 1.165) is 38.3 Å². The molecule has 0 radical (unpaired) electrons. The Bertz CT molecular complexity index is 732. The number of hydrogen-bond acceptors (Lipinski definition) is 4. The van der Waals surface area contributed by atoms with E-state index in [0.29, 0.717) is 21.7 Å². The summed E-state index contributed by atoms with van der Waals surface area (Å²) in [5, 5.41) is 13.5. The summed E-state index contributed by atoms with van der Waals surface area (Å²) in [6, 6.07) is 12.0. The number of pyridine rings is 1. The Morgan fingerprint density at radius 2 is 1.96 bits per heavy atom. The van der Waals surface area contributed by atoms with Crippen LogP contribution >= 0.6 is 23.2 Å². The van der Waals surface area contributed by atoms with Gasteiger partial charge in [0.2, 0.25) is 0 Å². The highest BCUT2D eigenvalue weighted by atomic mass is 35.5. The second kappa shape index (κ2) is 7.85. The largest absolute Gasteiger partial charge is 0.367 e. The average Bonchev–Trinajstić information content (AvgIpc) is 2.61. The van der Waals surface area contributed by atoms with Crippen LogP contribution in [0, 0.1) is 11.3 Å². The van der Waals surface area contributed by atoms with E-state index in [2.05, 4.69) is 21.3 Å². The minimum Gasteiger partial charge on any atom is -0.367 e. The van der Waals surface area contributed by atoms with Crippen LogP contribution in [0.15, 0.2) is 36.5 Å². The van der Waals surface area contributed by atoms with Crippen molar-refractivity contribution in [3.63, 3.8) is 0 Å². The fourth-order valence-electron chi connectivity index (χ4n) is 2.89. The van der Waals surface area contributed by atoms with Crippen LogP contribution in [0.4, 0.5) is 5.82 Å². The number of benzene rings is 1. The topological polar surface area (TPSA) is 52.0 Å². The lowest BCUT2D eigenvalue weighted by molar-refractivity contribution is 0.211. The molecule has 1 aromatic heterocycles. The van der Waals surface area contributed by atoms with Crippen molar-refractivity contribution < 1.29 is 0 Å². The summed E-state index contributed by atoms with van der Waals surface area (Å²) in [5.41, 5.74) is 1.77. The normalized spacial score (nSPS) is 15.9. The third-order valence-corrected chi connectivity index (χ3v) is 4.96. The fourth-order valence-corrected chi connectivity index (χ4v) is 3.21. The van der Waals surface area contributed by atoms with Gasteiger partial charge in [-0.15, -0.1) is 0 Å². The van der Waals surface area contributed by atoms with E-state index in [1.165, 1.54) is 5.56 Å². The van der Waals surface area contributed by atoms with Gasteiger partial charge in [-0.1, -0.05) is 29.3 Å². The number of nitrogens with zero attached hydrogens (tertiary/aromatic N) is 3. The Morgan fingerprint density at radius 3 is 2.58 bits per heavy atom. The standard InChI is InChI=1S/C18H18Cl2N4/c19-16-3-1-13(9-17(16)20)12-24-7-5-15(6-8-24)23-18-4-2-14(10-21)11-22-18/h1-4,9,11,15H,5-8,12H2,(H,22,23). The van der Waals surface area contributed by atoms with Gasteiger partial charge in [-0.3, -0.25) is 4.90 Å². The molecule has 6 heteroatoms. The minimum absolute atomic E-state index is 0.412. The molecule has 0 aliphatic carbocycles. The first-order valence-corrected chi connectivity index (χ1v) is 8.68. The van der Waals surface area contributed by atoms with Gasteiger partial charge in [-0.2, -0.15) is 5.26 Å². The lowest BCUT2D eigenvalue weighted by Gasteiger charge is -2.32. The van der Waals surface area contributed by atoms with Crippen molar-refractivity contribution in [3.05, 3.63) is 57.7 Å². The lowest BCUT2D eigenvalue weighted by atomic mass is 10.0. The van der Waals surface area contributed by atoms with Crippen LogP contribution in [0.2, 0.25) is 10.0 Å². The Hall–Kier alpha value is -1.80. The molecule has 2 heterocycles. The van der Waals surface area contributed by atoms with Crippen LogP contribution < -0.4 is 5.32 Å². The molecule has 0 bridgehead atoms. The molecule has 0 unspecified atom stereocenters. The molecule has 0 amide bonds. The molecule has 0 atom stereocenters. The smallest absolute Gasteiger partial charge is 0.126 e. The molecule has 1 aromatic carbocycles. The molecule has 0 spiro atoms. The molecule has 4 nitrogen and oxygen atoms in total. The quantitative estimate of drug-likeness (QED) is 0.880. The van der Waals surface area contributed by atoms with E-state index in [9.17, 15) is 0 Å². The van der Waals surface area contributed by atoms with Crippen LogP contribution in [0.1, 0.15) is 24.0 Å². The van der Waals surface area contributed by atoms with Crippen LogP contribution in [0.25, 0.3) is 0 Å². The first kappa shape index (κ1) is 17.0. The molecule has 3 rings (SSSR count). The van der Waals surface area contributed by atoms with E-state index >= 15 is 0 Å². The third-order valence-electron chi connectivity index (χ3n) is 4.22. The molecule has 1 aliphatic rings. The van der Waals surface area contributed by atoms with E-state index in [1.54, 1.807) is 12.3 Å². The third kappa shape index (κ3) is 4.39. The Kier molecular flexibility index (Phi) is 5.57. The van der Waals surface area contributed by atoms with Crippen molar-refractivity contribution in [3.8, 4) is 6.07 Å². The van der Waals surface area contributed by atoms with Crippen LogP contribution in [0.5, 0.6) is 0 Å². The Labute approximate surface area is 152 Å². The second-order valence-corrected chi connectivity index (χ2v) is 6.80. The predicted octanol–water partition coefficient (Wildman–Crippen LogP) is 4.34. The highest BCUT2D eigenvalue weighted by Crippen LogP contribution is 2.24. The van der Waals surface area contributed by atoms with Crippen molar-refractivity contribution in [2.75, 3.05) is 18.4 Å². The Balaban J connectivity index is 1.50. The van der Waals surface area contributed by atoms with Gasteiger partial charge in [0.25, 0.3) is 0 Å². The van der Waals surface area contributed by atoms with Crippen LogP contribution in [-0.2, 0) is 6.54 Å². The van der Waals surface area contributed by atoms with Gasteiger partial charge in [0, 0.05) is 31.9 Å². The summed E-state index contributed by atoms with van der Waals surface area (Å²) >= 11 is 12.0. The fraction of sp³-hybridized carbons (Fsp3) is 0.333. The number of nitrogens with one attached hydrogen (secondary N) is 1. The molecule has 1 fully saturated rings. The number of aromatic nitrogens is 1. The monoisotopic (exact) mass is 360 g/mol. The van der Waals surface area contributed by atoms with Crippen LogP contribution in [0.3, 0.4) is 0 Å². The molecule has 1 N–H and O–H groups in total. The van der Waals surface area contributed by atoms with Gasteiger partial charge in [0.1, 0.15) is 11.9 Å². The van der Waals surface area contributed by atoms with Gasteiger partial charge in [0.05, 0.1) is 15.6 Å². The van der Waals surface area contributed by atoms with Crippen molar-refractivity contribution >= 4 is 29.0 Å². The molecule has 1 aliphatic heterocycles. The predicted molar refractivity (Wildman–Crippen MR) is 97.3 cm³/mol. The molecule has 0 saturated carbocycles. The van der Waals surface area contributed by atoms with Gasteiger partial charge in [0.15, 0.2) is 0 Å². The van der Waals surface area contributed by atoms with Gasteiger partial charge >= 0.3 is 0 Å². The summed E-state index contributed by atoms with van der Waals surface area (Å²) in [4.78, 5) is 6.69. The van der Waals surface area contributed by atoms with E-state index < -0.39 is 0 Å². The summed E-state index contributed by atoms with van der Waals surface area (Å²) < 4.78 is 0. The molecule has 24 heavy (non-hydrogen) atoms. The summed E-state index contributed by atoms with van der Waals surface area (Å²) in [6.45, 7) is 2.93. The van der Waals surface area contributed by atoms with E-state index in [4.69, 9.17) is 28.5 Å². The lowest BCUT2D eigenvalue weighted by Crippen LogP contribution is -2.38. The van der Waals surface area contributed by atoms with Gasteiger partial charge < -0.3 is 5.32 Å². The number of hydrogen-bond donors (Lipinski definition) is 1. The number of rotatable bonds is 4. The minimum atomic E-state index is 0.412. The zero-order valence-corrected chi connectivity index (χ0v) is 14.7. The summed E-state index contributed by atoms with van der Waals surface area (Å²) in [5.74, 6) is 0.830. The summed E-state index contributed by atoms with van der Waals surface area (Å²) in [6.07, 6.45) is 3.72. The number of halogens is 2. The van der Waals surface area contributed by atoms with Crippen molar-refractivity contribution in [1.82, 2.24) is 9.88 Å². The average molecular weight is 361 g/mol. The summed E-state index contributed by atoms with van der Waals surface area (Å²) in [7, 11) is 0. The first-order chi connectivity index (χ1) is 11.6. The highest BCUT2D eigenvalue weighted by molar-refractivity contribution is 6.42. The number of piperidine rings is 1. The zero-order valence-electron chi connectivity index (χ0n) is 13.2. The maximum atomic E-state index is 8.80. The first-order valence-electron chi connectivity index (χ1n) is 7.93. The highest BCUT2D eigenvalue weighted by Gasteiger charge is 2.19. The second-order valence-electron chi connectivity index (χ2n) is 5.99. The van der Waals surface area contributed by atoms with Crippen molar-refractivity contribution in [2.24, 2.45) is 0 Å². The molecular weight excluding hydrogens is 343 g/mol. The number of anilines is 1. The van der Waals surface area contributed by atoms with Crippen molar-refractivity contribution in [2.45, 2.75) is 25.4 Å². The molecule has 2 aromatic rings. The van der Waals surface area contributed by atoms with E-state index in [1.807, 2.05) is 24.3 Å². The van der Waals surface area contributed by atoms with E-state index in [-0.39, 0.29) is 0 Å². The van der Waals surface area contributed by atoms with Crippen LogP contribution in [-0.4, -0.2) is 29.0 Å².